The molecule has 4 rings (SSSR count). The van der Waals surface area contributed by atoms with Gasteiger partial charge >= 0.3 is 0 Å². The van der Waals surface area contributed by atoms with Crippen molar-refractivity contribution in [3.05, 3.63) is 30.3 Å². The lowest BCUT2D eigenvalue weighted by molar-refractivity contribution is -0.134. The second-order valence-electron chi connectivity index (χ2n) is 7.78. The maximum absolute atomic E-state index is 12.5. The zero-order valence-electron chi connectivity index (χ0n) is 15.9. The number of hydrogen-bond donors (Lipinski definition) is 0. The van der Waals surface area contributed by atoms with E-state index in [1.54, 1.807) is 6.20 Å². The second-order valence-corrected chi connectivity index (χ2v) is 7.78. The lowest BCUT2D eigenvalue weighted by Gasteiger charge is -2.34. The van der Waals surface area contributed by atoms with Crippen LogP contribution in [0, 0.1) is 5.92 Å². The third-order valence-corrected chi connectivity index (χ3v) is 5.77. The lowest BCUT2D eigenvalue weighted by Crippen LogP contribution is -2.45. The summed E-state index contributed by atoms with van der Waals surface area (Å²) < 4.78 is 5.49. The van der Waals surface area contributed by atoms with Crippen LogP contribution in [0.25, 0.3) is 11.5 Å². The highest BCUT2D eigenvalue weighted by molar-refractivity contribution is 5.78. The highest BCUT2D eigenvalue weighted by atomic mass is 16.5. The van der Waals surface area contributed by atoms with E-state index >= 15 is 0 Å². The Balaban J connectivity index is 1.28. The molecule has 0 N–H and O–H groups in total. The van der Waals surface area contributed by atoms with Gasteiger partial charge in [0.25, 0.3) is 0 Å². The summed E-state index contributed by atoms with van der Waals surface area (Å²) in [6.07, 6.45) is 5.86. The molecule has 0 spiro atoms. The fourth-order valence-electron chi connectivity index (χ4n) is 3.89. The van der Waals surface area contributed by atoms with Gasteiger partial charge in [-0.1, -0.05) is 18.1 Å². The summed E-state index contributed by atoms with van der Waals surface area (Å²) in [5.41, 5.74) is 0.728. The van der Waals surface area contributed by atoms with Crippen LogP contribution in [0.5, 0.6) is 0 Å². The molecule has 2 aliphatic rings. The Hall–Kier alpha value is -2.28. The molecule has 0 aromatic carbocycles. The number of carbonyl (C=O) groups is 1. The molecule has 7 heteroatoms. The van der Waals surface area contributed by atoms with Crippen LogP contribution in [0.15, 0.2) is 28.9 Å². The van der Waals surface area contributed by atoms with Crippen molar-refractivity contribution in [1.82, 2.24) is 24.9 Å². The van der Waals surface area contributed by atoms with Crippen molar-refractivity contribution in [2.75, 3.05) is 32.7 Å². The molecule has 2 aromatic heterocycles. The Kier molecular flexibility index (Phi) is 5.48. The fraction of sp³-hybridized carbons (Fsp3) is 0.600. The van der Waals surface area contributed by atoms with Crippen LogP contribution < -0.4 is 0 Å². The van der Waals surface area contributed by atoms with Crippen LogP contribution in [0.4, 0.5) is 0 Å². The van der Waals surface area contributed by atoms with Gasteiger partial charge in [-0.05, 0) is 56.8 Å². The van der Waals surface area contributed by atoms with Crippen molar-refractivity contribution in [1.29, 1.82) is 0 Å². The van der Waals surface area contributed by atoms with Crippen molar-refractivity contribution in [3.63, 3.8) is 0 Å². The number of hydrogen-bond acceptors (Lipinski definition) is 6. The smallest absolute Gasteiger partial charge is 0.236 e. The number of aromatic nitrogens is 3. The van der Waals surface area contributed by atoms with Gasteiger partial charge in [0.15, 0.2) is 0 Å². The largest absolute Gasteiger partial charge is 0.342 e. The normalized spacial score (nSPS) is 20.1. The number of nitrogens with zero attached hydrogens (tertiary/aromatic N) is 5. The Morgan fingerprint density at radius 3 is 2.63 bits per heavy atom. The first-order valence-corrected chi connectivity index (χ1v) is 9.94. The second kappa shape index (κ2) is 8.17. The summed E-state index contributed by atoms with van der Waals surface area (Å²) in [6.45, 7) is 6.40. The van der Waals surface area contributed by atoms with E-state index in [9.17, 15) is 4.79 Å². The Labute approximate surface area is 159 Å². The maximum atomic E-state index is 12.5. The molecule has 0 unspecified atom stereocenters. The van der Waals surface area contributed by atoms with E-state index in [4.69, 9.17) is 4.52 Å². The first-order chi connectivity index (χ1) is 13.2. The van der Waals surface area contributed by atoms with Gasteiger partial charge in [-0.2, -0.15) is 4.98 Å². The summed E-state index contributed by atoms with van der Waals surface area (Å²) in [5, 5.41) is 4.07. The van der Waals surface area contributed by atoms with E-state index in [0.717, 1.165) is 63.5 Å². The van der Waals surface area contributed by atoms with Crippen molar-refractivity contribution in [3.8, 4) is 11.5 Å². The summed E-state index contributed by atoms with van der Waals surface area (Å²) in [5.74, 6) is 2.51. The average molecular weight is 369 g/mol. The molecular weight excluding hydrogens is 342 g/mol. The standard InChI is InChI=1S/C20H27N5O2/c1-15-5-12-25(13-6-15)18(26)14-24-10-7-16(8-11-24)20-22-19(23-27-20)17-4-2-3-9-21-17/h2-4,9,15-16H,5-8,10-14H2,1H3. The average Bonchev–Trinajstić information content (AvgIpc) is 3.20. The molecular formula is C20H27N5O2. The van der Waals surface area contributed by atoms with Crippen LogP contribution in [0.1, 0.15) is 44.4 Å². The first-order valence-electron chi connectivity index (χ1n) is 9.94. The summed E-state index contributed by atoms with van der Waals surface area (Å²) in [6, 6.07) is 5.66. The van der Waals surface area contributed by atoms with Gasteiger partial charge in [0.1, 0.15) is 5.69 Å². The van der Waals surface area contributed by atoms with E-state index in [-0.39, 0.29) is 11.8 Å². The van der Waals surface area contributed by atoms with Gasteiger partial charge in [0.05, 0.1) is 6.54 Å². The zero-order chi connectivity index (χ0) is 18.6. The predicted molar refractivity (Wildman–Crippen MR) is 101 cm³/mol. The van der Waals surface area contributed by atoms with Crippen LogP contribution in [-0.2, 0) is 4.79 Å². The summed E-state index contributed by atoms with van der Waals surface area (Å²) in [7, 11) is 0. The molecule has 2 fully saturated rings. The van der Waals surface area contributed by atoms with E-state index < -0.39 is 0 Å². The number of carbonyl (C=O) groups excluding carboxylic acids is 1. The van der Waals surface area contributed by atoms with Gasteiger partial charge in [0.2, 0.25) is 17.6 Å². The minimum atomic E-state index is 0.261. The van der Waals surface area contributed by atoms with Gasteiger partial charge in [-0.25, -0.2) is 0 Å². The SMILES string of the molecule is CC1CCN(C(=O)CN2CCC(c3nc(-c4ccccn4)no3)CC2)CC1. The van der Waals surface area contributed by atoms with E-state index in [0.29, 0.717) is 18.3 Å². The van der Waals surface area contributed by atoms with Crippen LogP contribution in [0.2, 0.25) is 0 Å². The maximum Gasteiger partial charge on any atom is 0.236 e. The minimum absolute atomic E-state index is 0.261. The van der Waals surface area contributed by atoms with Gasteiger partial charge in [0, 0.05) is 25.2 Å². The summed E-state index contributed by atoms with van der Waals surface area (Å²) >= 11 is 0. The molecule has 0 atom stereocenters. The molecule has 2 saturated heterocycles. The fourth-order valence-corrected chi connectivity index (χ4v) is 3.89. The molecule has 2 aromatic rings. The molecule has 27 heavy (non-hydrogen) atoms. The third-order valence-electron chi connectivity index (χ3n) is 5.77. The molecule has 0 saturated carbocycles. The zero-order valence-corrected chi connectivity index (χ0v) is 15.9. The van der Waals surface area contributed by atoms with Crippen LogP contribution in [-0.4, -0.2) is 63.6 Å². The van der Waals surface area contributed by atoms with E-state index in [1.807, 2.05) is 23.1 Å². The minimum Gasteiger partial charge on any atom is -0.342 e. The molecule has 2 aliphatic heterocycles. The van der Waals surface area contributed by atoms with Crippen LogP contribution >= 0.6 is 0 Å². The molecule has 0 radical (unpaired) electrons. The molecule has 1 amide bonds. The van der Waals surface area contributed by atoms with Crippen molar-refractivity contribution in [2.24, 2.45) is 5.92 Å². The molecule has 0 aliphatic carbocycles. The molecule has 0 bridgehead atoms. The first kappa shape index (κ1) is 18.1. The molecule has 144 valence electrons. The van der Waals surface area contributed by atoms with Gasteiger partial charge < -0.3 is 9.42 Å². The highest BCUT2D eigenvalue weighted by Crippen LogP contribution is 2.28. The molecule has 7 nitrogen and oxygen atoms in total. The van der Waals surface area contributed by atoms with Crippen molar-refractivity contribution >= 4 is 5.91 Å². The third kappa shape index (κ3) is 4.35. The van der Waals surface area contributed by atoms with Gasteiger partial charge in [-0.3, -0.25) is 14.7 Å². The predicted octanol–water partition coefficient (Wildman–Crippen LogP) is 2.57. The Bertz CT molecular complexity index is 747. The van der Waals surface area contributed by atoms with Crippen molar-refractivity contribution in [2.45, 2.75) is 38.5 Å². The number of pyridine rings is 1. The Morgan fingerprint density at radius 2 is 1.93 bits per heavy atom. The Morgan fingerprint density at radius 1 is 1.15 bits per heavy atom. The molecule has 4 heterocycles. The van der Waals surface area contributed by atoms with Gasteiger partial charge in [-0.15, -0.1) is 0 Å². The number of piperidine rings is 2. The van der Waals surface area contributed by atoms with E-state index in [1.165, 1.54) is 0 Å². The lowest BCUT2D eigenvalue weighted by atomic mass is 9.96. The number of likely N-dealkylation sites (tertiary alicyclic amines) is 2. The topological polar surface area (TPSA) is 75.4 Å². The quantitative estimate of drug-likeness (QED) is 0.824. The van der Waals surface area contributed by atoms with Crippen LogP contribution in [0.3, 0.4) is 0 Å². The van der Waals surface area contributed by atoms with Crippen molar-refractivity contribution < 1.29 is 9.32 Å². The number of rotatable bonds is 4. The number of amides is 1. The summed E-state index contributed by atoms with van der Waals surface area (Å²) in [4.78, 5) is 25.6. The highest BCUT2D eigenvalue weighted by Gasteiger charge is 2.28. The monoisotopic (exact) mass is 369 g/mol. The van der Waals surface area contributed by atoms with E-state index in [2.05, 4.69) is 26.9 Å².